The third kappa shape index (κ3) is 6.38. The summed E-state index contributed by atoms with van der Waals surface area (Å²) in [4.78, 5) is 0. The molecule has 0 amide bonds. The minimum atomic E-state index is -0.940. The molecule has 1 unspecified atom stereocenters. The van der Waals surface area contributed by atoms with Crippen LogP contribution in [0.4, 0.5) is 13.8 Å². The van der Waals surface area contributed by atoms with E-state index in [2.05, 4.69) is 10.6 Å². The minimum Gasteiger partial charge on any atom is -0.396 e. The highest BCUT2D eigenvalue weighted by atomic mass is 35.5. The Balaban J connectivity index is 0.000000232. The number of benzene rings is 1. The van der Waals surface area contributed by atoms with E-state index < -0.39 is 17.9 Å². The predicted molar refractivity (Wildman–Crippen MR) is 118 cm³/mol. The fraction of sp³-hybridized carbons (Fsp3) is 0.238. The summed E-state index contributed by atoms with van der Waals surface area (Å²) in [6.07, 6.45) is 2.73. The Bertz CT molecular complexity index is 927. The minimum absolute atomic E-state index is 0.0509. The first-order valence-electron chi connectivity index (χ1n) is 8.98. The summed E-state index contributed by atoms with van der Waals surface area (Å²) in [7, 11) is 3.30. The zero-order valence-electron chi connectivity index (χ0n) is 16.5. The molecule has 1 aromatic carbocycles. The number of rotatable bonds is 6. The number of anilines is 1. The highest BCUT2D eigenvalue weighted by Crippen LogP contribution is 2.39. The lowest BCUT2D eigenvalue weighted by Gasteiger charge is -2.13. The molecule has 1 aliphatic heterocycles. The summed E-state index contributed by atoms with van der Waals surface area (Å²) >= 11 is 7.41. The van der Waals surface area contributed by atoms with Gasteiger partial charge in [-0.1, -0.05) is 29.8 Å². The maximum absolute atomic E-state index is 12.8. The Labute approximate surface area is 183 Å². The molecule has 0 aliphatic carbocycles. The van der Waals surface area contributed by atoms with Crippen molar-refractivity contribution >= 4 is 27.9 Å². The SMILES string of the molecule is CNc1scc(-c2ccc(Cl)cc2)c1C(O)OC.OCC/C=C1\NC=C(F)C=C1F. The smallest absolute Gasteiger partial charge is 0.184 e. The maximum Gasteiger partial charge on any atom is 0.184 e. The van der Waals surface area contributed by atoms with Crippen molar-refractivity contribution in [1.82, 2.24) is 5.32 Å². The van der Waals surface area contributed by atoms with Gasteiger partial charge in [0.1, 0.15) is 11.7 Å². The van der Waals surface area contributed by atoms with E-state index in [0.29, 0.717) is 11.4 Å². The topological polar surface area (TPSA) is 73.8 Å². The second-order valence-corrected chi connectivity index (χ2v) is 7.35. The molecule has 5 nitrogen and oxygen atoms in total. The number of allylic oxidation sites excluding steroid dienone is 3. The molecule has 0 fully saturated rings. The van der Waals surface area contributed by atoms with E-state index in [1.54, 1.807) is 0 Å². The molecule has 0 spiro atoms. The third-order valence-corrected chi connectivity index (χ3v) is 5.31. The fourth-order valence-corrected chi connectivity index (χ4v) is 3.68. The average Bonchev–Trinajstić information content (AvgIpc) is 3.18. The second-order valence-electron chi connectivity index (χ2n) is 6.03. The van der Waals surface area contributed by atoms with E-state index in [0.717, 1.165) is 34.0 Å². The first kappa shape index (κ1) is 24.0. The van der Waals surface area contributed by atoms with Crippen molar-refractivity contribution in [2.45, 2.75) is 12.7 Å². The van der Waals surface area contributed by atoms with Gasteiger partial charge in [-0.3, -0.25) is 0 Å². The summed E-state index contributed by atoms with van der Waals surface area (Å²) < 4.78 is 30.1. The summed E-state index contributed by atoms with van der Waals surface area (Å²) in [5, 5.41) is 27.4. The summed E-state index contributed by atoms with van der Waals surface area (Å²) in [6, 6.07) is 7.51. The number of ether oxygens (including phenoxy) is 1. The van der Waals surface area contributed by atoms with Crippen LogP contribution in [0, 0.1) is 0 Å². The number of methoxy groups -OCH3 is 1. The van der Waals surface area contributed by atoms with Gasteiger partial charge in [0.25, 0.3) is 0 Å². The molecule has 30 heavy (non-hydrogen) atoms. The number of thiophene rings is 1. The van der Waals surface area contributed by atoms with Gasteiger partial charge in [0.2, 0.25) is 0 Å². The zero-order valence-corrected chi connectivity index (χ0v) is 18.0. The first-order valence-corrected chi connectivity index (χ1v) is 10.2. The lowest BCUT2D eigenvalue weighted by Crippen LogP contribution is -2.10. The van der Waals surface area contributed by atoms with Crippen LogP contribution >= 0.6 is 22.9 Å². The van der Waals surface area contributed by atoms with Crippen molar-refractivity contribution in [3.63, 3.8) is 0 Å². The summed E-state index contributed by atoms with van der Waals surface area (Å²) in [5.74, 6) is -1.29. The molecule has 2 heterocycles. The molecule has 1 aromatic heterocycles. The number of dihydropyridines is 1. The van der Waals surface area contributed by atoms with E-state index in [1.165, 1.54) is 24.5 Å². The van der Waals surface area contributed by atoms with Gasteiger partial charge in [0.05, 0.1) is 10.7 Å². The highest BCUT2D eigenvalue weighted by Gasteiger charge is 2.19. The zero-order chi connectivity index (χ0) is 22.1. The molecule has 2 aromatic rings. The van der Waals surface area contributed by atoms with Gasteiger partial charge < -0.3 is 25.6 Å². The molecular weight excluding hydrogens is 434 g/mol. The standard InChI is InChI=1S/C13H14ClNO2S.C8H9F2NO/c1-15-12-11(13(16)17-2)10(7-18-12)8-3-5-9(14)6-4-8;9-6-4-7(10)8(11-5-6)2-1-3-12/h3-7,13,15-16H,1-2H3;2,4-5,11-12H,1,3H2/b;8-2-. The maximum atomic E-state index is 12.8. The highest BCUT2D eigenvalue weighted by molar-refractivity contribution is 7.14. The quantitative estimate of drug-likeness (QED) is 0.446. The Kier molecular flexibility index (Phi) is 9.48. The summed E-state index contributed by atoms with van der Waals surface area (Å²) in [5.41, 5.74) is 2.91. The van der Waals surface area contributed by atoms with Gasteiger partial charge in [-0.05, 0) is 24.1 Å². The van der Waals surface area contributed by atoms with Crippen LogP contribution in [0.5, 0.6) is 0 Å². The van der Waals surface area contributed by atoms with Crippen LogP contribution in [-0.2, 0) is 4.74 Å². The fourth-order valence-electron chi connectivity index (χ4n) is 2.60. The van der Waals surface area contributed by atoms with Crippen molar-refractivity contribution < 1.29 is 23.7 Å². The van der Waals surface area contributed by atoms with Crippen molar-refractivity contribution in [2.24, 2.45) is 0 Å². The molecule has 0 bridgehead atoms. The summed E-state index contributed by atoms with van der Waals surface area (Å²) in [6.45, 7) is -0.0509. The van der Waals surface area contributed by atoms with Gasteiger partial charge >= 0.3 is 0 Å². The predicted octanol–water partition coefficient (Wildman–Crippen LogP) is 5.27. The van der Waals surface area contributed by atoms with E-state index in [1.807, 2.05) is 36.7 Å². The van der Waals surface area contributed by atoms with E-state index in [-0.39, 0.29) is 12.3 Å². The average molecular weight is 457 g/mol. The molecule has 1 atom stereocenters. The number of nitrogens with one attached hydrogen (secondary N) is 2. The number of hydrogen-bond donors (Lipinski definition) is 4. The normalized spacial score (nSPS) is 15.5. The van der Waals surface area contributed by atoms with Gasteiger partial charge in [0, 0.05) is 54.6 Å². The molecule has 9 heteroatoms. The molecule has 0 radical (unpaired) electrons. The molecule has 0 saturated heterocycles. The molecule has 4 N–H and O–H groups in total. The van der Waals surface area contributed by atoms with Crippen LogP contribution in [0.3, 0.4) is 0 Å². The van der Waals surface area contributed by atoms with Gasteiger partial charge in [0.15, 0.2) is 6.29 Å². The van der Waals surface area contributed by atoms with E-state index in [4.69, 9.17) is 21.4 Å². The van der Waals surface area contributed by atoms with E-state index >= 15 is 0 Å². The van der Waals surface area contributed by atoms with Gasteiger partial charge in [-0.25, -0.2) is 8.78 Å². The molecular formula is C21H23ClF2N2O3S. The first-order chi connectivity index (χ1) is 14.4. The Morgan fingerprint density at radius 1 is 1.30 bits per heavy atom. The number of aliphatic hydroxyl groups is 2. The lowest BCUT2D eigenvalue weighted by molar-refractivity contribution is -0.0758. The number of hydrogen-bond acceptors (Lipinski definition) is 6. The lowest BCUT2D eigenvalue weighted by atomic mass is 10.0. The molecule has 162 valence electrons. The van der Waals surface area contributed by atoms with Crippen molar-refractivity contribution in [3.8, 4) is 11.1 Å². The van der Waals surface area contributed by atoms with Gasteiger partial charge in [-0.2, -0.15) is 0 Å². The third-order valence-electron chi connectivity index (χ3n) is 4.05. The number of halogens is 3. The Hall–Kier alpha value is -2.23. The largest absolute Gasteiger partial charge is 0.396 e. The molecule has 1 aliphatic rings. The Morgan fingerprint density at radius 3 is 2.57 bits per heavy atom. The van der Waals surface area contributed by atoms with Crippen LogP contribution in [-0.4, -0.2) is 31.0 Å². The van der Waals surface area contributed by atoms with Crippen LogP contribution in [0.2, 0.25) is 5.02 Å². The number of aliphatic hydroxyl groups excluding tert-OH is 2. The van der Waals surface area contributed by atoms with Gasteiger partial charge in [-0.15, -0.1) is 11.3 Å². The van der Waals surface area contributed by atoms with Crippen molar-refractivity contribution in [1.29, 1.82) is 0 Å². The van der Waals surface area contributed by atoms with Crippen LogP contribution in [0.1, 0.15) is 18.3 Å². The van der Waals surface area contributed by atoms with Crippen LogP contribution in [0.15, 0.2) is 65.3 Å². The van der Waals surface area contributed by atoms with Crippen molar-refractivity contribution in [2.75, 3.05) is 26.1 Å². The molecule has 0 saturated carbocycles. The Morgan fingerprint density at radius 2 is 2.00 bits per heavy atom. The monoisotopic (exact) mass is 456 g/mol. The van der Waals surface area contributed by atoms with Crippen LogP contribution in [0.25, 0.3) is 11.1 Å². The second kappa shape index (κ2) is 11.8. The van der Waals surface area contributed by atoms with E-state index in [9.17, 15) is 13.9 Å². The molecule has 3 rings (SSSR count). The van der Waals surface area contributed by atoms with Crippen molar-refractivity contribution in [3.05, 3.63) is 75.9 Å². The van der Waals surface area contributed by atoms with Crippen LogP contribution < -0.4 is 10.6 Å².